The van der Waals surface area contributed by atoms with Gasteiger partial charge in [-0.2, -0.15) is 0 Å². The van der Waals surface area contributed by atoms with Crippen LogP contribution < -0.4 is 10.6 Å². The number of pyridine rings is 1. The second-order valence-electron chi connectivity index (χ2n) is 10.5. The van der Waals surface area contributed by atoms with E-state index in [1.54, 1.807) is 18.9 Å². The highest BCUT2D eigenvalue weighted by Crippen LogP contribution is 2.34. The molecule has 5 heterocycles. The molecule has 2 N–H and O–H groups in total. The van der Waals surface area contributed by atoms with E-state index < -0.39 is 0 Å². The van der Waals surface area contributed by atoms with E-state index in [0.717, 1.165) is 86.3 Å². The molecule has 1 amide bonds. The van der Waals surface area contributed by atoms with Gasteiger partial charge in [-0.3, -0.25) is 9.36 Å². The van der Waals surface area contributed by atoms with Crippen LogP contribution in [0.15, 0.2) is 49.2 Å². The van der Waals surface area contributed by atoms with Gasteiger partial charge in [-0.1, -0.05) is 18.9 Å². The molecular weight excluding hydrogens is 506 g/mol. The number of ether oxygens (including phenoxy) is 2. The highest BCUT2D eigenvalue weighted by molar-refractivity contribution is 5.93. The average molecular weight is 542 g/mol. The minimum atomic E-state index is -0.0669. The van der Waals surface area contributed by atoms with Gasteiger partial charge >= 0.3 is 0 Å². The van der Waals surface area contributed by atoms with Crippen molar-refractivity contribution in [1.29, 1.82) is 0 Å². The Morgan fingerprint density at radius 2 is 1.88 bits per heavy atom. The van der Waals surface area contributed by atoms with Crippen molar-refractivity contribution < 1.29 is 14.3 Å². The number of carbonyl (C=O) groups excluding carboxylic acids is 1. The Kier molecular flexibility index (Phi) is 7.97. The van der Waals surface area contributed by atoms with E-state index in [2.05, 4.69) is 30.6 Å². The molecule has 2 atom stereocenters. The van der Waals surface area contributed by atoms with Gasteiger partial charge in [-0.15, -0.1) is 0 Å². The van der Waals surface area contributed by atoms with Gasteiger partial charge < -0.3 is 20.1 Å². The number of fused-ring (bicyclic) bond motifs is 1. The lowest BCUT2D eigenvalue weighted by molar-refractivity contribution is -0.119. The third-order valence-electron chi connectivity index (χ3n) is 7.60. The topological polar surface area (TPSA) is 116 Å². The number of carbonyl (C=O) groups is 1. The highest BCUT2D eigenvalue weighted by Gasteiger charge is 2.22. The molecule has 10 nitrogen and oxygen atoms in total. The number of anilines is 3. The van der Waals surface area contributed by atoms with Crippen LogP contribution in [0.2, 0.25) is 0 Å². The van der Waals surface area contributed by atoms with Crippen LogP contribution in [0.4, 0.5) is 17.2 Å². The predicted octanol–water partition coefficient (Wildman–Crippen LogP) is 5.93. The number of hydrogen-bond donors (Lipinski definition) is 2. The zero-order chi connectivity index (χ0) is 27.3. The van der Waals surface area contributed by atoms with Gasteiger partial charge in [0.1, 0.15) is 29.6 Å². The Morgan fingerprint density at radius 3 is 2.77 bits per heavy atom. The van der Waals surface area contributed by atoms with E-state index in [-0.39, 0.29) is 18.2 Å². The van der Waals surface area contributed by atoms with Crippen LogP contribution >= 0.6 is 0 Å². The average Bonchev–Trinajstić information content (AvgIpc) is 3.25. The number of rotatable bonds is 7. The number of nitrogens with one attached hydrogen (secondary N) is 2. The van der Waals surface area contributed by atoms with Crippen LogP contribution in [0.1, 0.15) is 63.2 Å². The van der Waals surface area contributed by atoms with Crippen LogP contribution in [-0.4, -0.2) is 49.7 Å². The molecule has 0 saturated carbocycles. The molecule has 0 radical (unpaired) electrons. The van der Waals surface area contributed by atoms with E-state index in [1.165, 1.54) is 0 Å². The summed E-state index contributed by atoms with van der Waals surface area (Å²) in [7, 11) is 0. The molecule has 0 spiro atoms. The van der Waals surface area contributed by atoms with E-state index >= 15 is 0 Å². The number of aryl methyl sites for hydroxylation is 1. The lowest BCUT2D eigenvalue weighted by atomic mass is 10.1. The summed E-state index contributed by atoms with van der Waals surface area (Å²) in [6.07, 6.45) is 12.8. The largest absolute Gasteiger partial charge is 0.378 e. The second kappa shape index (κ2) is 12.1. The van der Waals surface area contributed by atoms with Crippen molar-refractivity contribution in [1.82, 2.24) is 24.5 Å². The molecule has 3 aromatic heterocycles. The first-order valence-corrected chi connectivity index (χ1v) is 14.2. The lowest BCUT2D eigenvalue weighted by Gasteiger charge is -2.23. The smallest absolute Gasteiger partial charge is 0.226 e. The fourth-order valence-electron chi connectivity index (χ4n) is 5.42. The van der Waals surface area contributed by atoms with Crippen molar-refractivity contribution in [2.45, 2.75) is 70.6 Å². The van der Waals surface area contributed by atoms with E-state index in [1.807, 2.05) is 41.8 Å². The molecule has 2 saturated heterocycles. The highest BCUT2D eigenvalue weighted by atomic mass is 16.5. The van der Waals surface area contributed by atoms with Crippen LogP contribution in [0, 0.1) is 6.92 Å². The third-order valence-corrected chi connectivity index (χ3v) is 7.60. The first-order valence-electron chi connectivity index (χ1n) is 14.2. The van der Waals surface area contributed by atoms with Crippen LogP contribution in [0.25, 0.3) is 22.4 Å². The summed E-state index contributed by atoms with van der Waals surface area (Å²) in [5.74, 6) is 0.602. The van der Waals surface area contributed by atoms with Gasteiger partial charge in [0.15, 0.2) is 5.65 Å². The summed E-state index contributed by atoms with van der Waals surface area (Å²) in [5, 5.41) is 6.51. The third kappa shape index (κ3) is 5.83. The van der Waals surface area contributed by atoms with Crippen molar-refractivity contribution in [2.24, 2.45) is 0 Å². The molecule has 2 aliphatic rings. The van der Waals surface area contributed by atoms with Gasteiger partial charge in [-0.25, -0.2) is 19.9 Å². The van der Waals surface area contributed by atoms with Crippen molar-refractivity contribution in [3.63, 3.8) is 0 Å². The number of hydrogen-bond acceptors (Lipinski definition) is 8. The Balaban J connectivity index is 1.24. The summed E-state index contributed by atoms with van der Waals surface area (Å²) < 4.78 is 13.8. The van der Waals surface area contributed by atoms with Gasteiger partial charge in [0, 0.05) is 36.3 Å². The molecule has 40 heavy (non-hydrogen) atoms. The molecule has 2 aliphatic heterocycles. The molecule has 10 heteroatoms. The maximum Gasteiger partial charge on any atom is 0.226 e. The Bertz CT molecular complexity index is 1470. The Hall–Kier alpha value is -3.89. The Labute approximate surface area is 233 Å². The SMILES string of the molecule is Cc1ccc(NC(=O)CC2CCCCCO2)cc1Nc1ncccc1-c1ncnc2c1ncn2C1CCCCO1. The minimum Gasteiger partial charge on any atom is -0.378 e. The molecule has 208 valence electrons. The fraction of sp³-hybridized carbons (Fsp3) is 0.433. The summed E-state index contributed by atoms with van der Waals surface area (Å²) in [4.78, 5) is 31.2. The number of imidazole rings is 1. The van der Waals surface area contributed by atoms with Gasteiger partial charge in [0.25, 0.3) is 0 Å². The summed E-state index contributed by atoms with van der Waals surface area (Å²) in [6.45, 7) is 3.49. The maximum atomic E-state index is 12.8. The summed E-state index contributed by atoms with van der Waals surface area (Å²) in [6, 6.07) is 9.69. The zero-order valence-corrected chi connectivity index (χ0v) is 22.8. The first kappa shape index (κ1) is 26.3. The van der Waals surface area contributed by atoms with Crippen molar-refractivity contribution >= 4 is 34.3 Å². The zero-order valence-electron chi connectivity index (χ0n) is 22.8. The van der Waals surface area contributed by atoms with E-state index in [9.17, 15) is 4.79 Å². The lowest BCUT2D eigenvalue weighted by Crippen LogP contribution is -2.22. The van der Waals surface area contributed by atoms with E-state index in [4.69, 9.17) is 9.47 Å². The van der Waals surface area contributed by atoms with Crippen LogP contribution in [0.3, 0.4) is 0 Å². The molecule has 2 fully saturated rings. The van der Waals surface area contributed by atoms with Crippen molar-refractivity contribution in [3.8, 4) is 11.3 Å². The molecule has 2 unspecified atom stereocenters. The number of nitrogens with zero attached hydrogens (tertiary/aromatic N) is 5. The molecule has 1 aromatic carbocycles. The standard InChI is InChI=1S/C30H35N7O3/c1-20-11-12-21(35-25(38)17-22-8-3-2-5-14-39-22)16-24(20)36-29-23(9-7-13-31-29)27-28-30(33-18-32-27)37(19-34-28)26-10-4-6-15-40-26/h7,9,11-13,16,18-19,22,26H,2-6,8,10,14-15,17H2,1H3,(H,31,36)(H,35,38). The normalized spacial score (nSPS) is 19.7. The van der Waals surface area contributed by atoms with Gasteiger partial charge in [0.2, 0.25) is 5.91 Å². The maximum absolute atomic E-state index is 12.8. The molecule has 0 aliphatic carbocycles. The van der Waals surface area contributed by atoms with Gasteiger partial charge in [-0.05, 0) is 68.9 Å². The number of benzene rings is 1. The fourth-order valence-corrected chi connectivity index (χ4v) is 5.42. The summed E-state index contributed by atoms with van der Waals surface area (Å²) in [5.41, 5.74) is 5.53. The Morgan fingerprint density at radius 1 is 1.00 bits per heavy atom. The van der Waals surface area contributed by atoms with Crippen molar-refractivity contribution in [2.75, 3.05) is 23.8 Å². The molecular formula is C30H35N7O3. The molecule has 4 aromatic rings. The van der Waals surface area contributed by atoms with Crippen LogP contribution in [0.5, 0.6) is 0 Å². The monoisotopic (exact) mass is 541 g/mol. The minimum absolute atomic E-state index is 0.0144. The quantitative estimate of drug-likeness (QED) is 0.296. The van der Waals surface area contributed by atoms with Crippen LogP contribution in [-0.2, 0) is 14.3 Å². The van der Waals surface area contributed by atoms with Gasteiger partial charge in [0.05, 0.1) is 18.9 Å². The second-order valence-corrected chi connectivity index (χ2v) is 10.5. The molecule has 0 bridgehead atoms. The van der Waals surface area contributed by atoms with E-state index in [0.29, 0.717) is 23.4 Å². The molecule has 6 rings (SSSR count). The number of aromatic nitrogens is 5. The van der Waals surface area contributed by atoms with Crippen molar-refractivity contribution in [3.05, 3.63) is 54.7 Å². The predicted molar refractivity (Wildman–Crippen MR) is 153 cm³/mol. The summed E-state index contributed by atoms with van der Waals surface area (Å²) >= 11 is 0. The first-order chi connectivity index (χ1) is 19.7. The number of amides is 1.